The first-order valence-corrected chi connectivity index (χ1v) is 6.18. The van der Waals surface area contributed by atoms with E-state index in [1.807, 2.05) is 24.3 Å². The van der Waals surface area contributed by atoms with Crippen LogP contribution >= 0.6 is 0 Å². The lowest BCUT2D eigenvalue weighted by atomic mass is 10.2. The Morgan fingerprint density at radius 2 is 2.15 bits per heavy atom. The molecule has 2 aromatic rings. The zero-order chi connectivity index (χ0) is 13.8. The van der Waals surface area contributed by atoms with E-state index in [2.05, 4.69) is 15.5 Å². The molecule has 1 unspecified atom stereocenters. The molecule has 1 aliphatic rings. The average molecular weight is 271 g/mol. The molecule has 0 saturated heterocycles. The fraction of sp³-hybridized carbons (Fsp3) is 0.143. The number of hydrogen-bond acceptors (Lipinski definition) is 4. The van der Waals surface area contributed by atoms with Crippen LogP contribution in [0.15, 0.2) is 47.7 Å². The molecule has 0 saturated carbocycles. The third-order valence-corrected chi connectivity index (χ3v) is 2.80. The number of H-pyrrole nitrogens is 1. The highest BCUT2D eigenvalue weighted by Gasteiger charge is 2.26. The third kappa shape index (κ3) is 2.64. The number of benzene rings is 1. The molecule has 6 heteroatoms. The fourth-order valence-corrected chi connectivity index (χ4v) is 1.81. The van der Waals surface area contributed by atoms with Crippen LogP contribution in [-0.4, -0.2) is 29.8 Å². The molecule has 2 N–H and O–H groups in total. The molecule has 0 radical (unpaired) electrons. The number of para-hydroxylation sites is 2. The first kappa shape index (κ1) is 12.3. The predicted octanol–water partition coefficient (Wildman–Crippen LogP) is 1.30. The monoisotopic (exact) mass is 271 g/mol. The van der Waals surface area contributed by atoms with Gasteiger partial charge < -0.3 is 14.5 Å². The summed E-state index contributed by atoms with van der Waals surface area (Å²) in [4.78, 5) is 14.8. The van der Waals surface area contributed by atoms with Crippen LogP contribution in [0.25, 0.3) is 0 Å². The van der Waals surface area contributed by atoms with Crippen LogP contribution in [0.5, 0.6) is 11.5 Å². The number of nitrogens with one attached hydrogen (secondary N) is 2. The molecule has 102 valence electrons. The zero-order valence-electron chi connectivity index (χ0n) is 10.6. The van der Waals surface area contributed by atoms with Crippen LogP contribution in [-0.2, 0) is 4.79 Å². The SMILES string of the molecule is O=C(N/N=C/c1ccc[nH]1)C1COc2ccccc2O1. The van der Waals surface area contributed by atoms with Gasteiger partial charge in [-0.1, -0.05) is 12.1 Å². The molecule has 0 spiro atoms. The van der Waals surface area contributed by atoms with E-state index in [4.69, 9.17) is 9.47 Å². The Morgan fingerprint density at radius 3 is 2.95 bits per heavy atom. The molecule has 1 aromatic carbocycles. The van der Waals surface area contributed by atoms with E-state index < -0.39 is 6.10 Å². The maximum absolute atomic E-state index is 11.9. The van der Waals surface area contributed by atoms with Crippen LogP contribution in [0.3, 0.4) is 0 Å². The van der Waals surface area contributed by atoms with Crippen molar-refractivity contribution in [1.29, 1.82) is 0 Å². The van der Waals surface area contributed by atoms with Gasteiger partial charge in [0.1, 0.15) is 6.61 Å². The summed E-state index contributed by atoms with van der Waals surface area (Å²) in [5, 5.41) is 3.85. The predicted molar refractivity (Wildman–Crippen MR) is 72.9 cm³/mol. The van der Waals surface area contributed by atoms with Crippen LogP contribution < -0.4 is 14.9 Å². The van der Waals surface area contributed by atoms with Crippen molar-refractivity contribution in [1.82, 2.24) is 10.4 Å². The highest BCUT2D eigenvalue weighted by atomic mass is 16.6. The standard InChI is InChI=1S/C14H13N3O3/c18-14(17-16-8-10-4-3-7-15-10)13-9-19-11-5-1-2-6-12(11)20-13/h1-8,13,15H,9H2,(H,17,18)/b16-8+. The average Bonchev–Trinajstić information content (AvgIpc) is 3.00. The minimum atomic E-state index is -0.703. The lowest BCUT2D eigenvalue weighted by molar-refractivity contribution is -0.130. The second-order valence-corrected chi connectivity index (χ2v) is 4.22. The first-order chi connectivity index (χ1) is 9.83. The second kappa shape index (κ2) is 5.48. The first-order valence-electron chi connectivity index (χ1n) is 6.18. The smallest absolute Gasteiger partial charge is 0.284 e. The maximum Gasteiger partial charge on any atom is 0.284 e. The topological polar surface area (TPSA) is 75.7 Å². The van der Waals surface area contributed by atoms with Crippen molar-refractivity contribution in [3.05, 3.63) is 48.3 Å². The van der Waals surface area contributed by atoms with Crippen LogP contribution in [0.1, 0.15) is 5.69 Å². The minimum absolute atomic E-state index is 0.168. The normalized spacial score (nSPS) is 17.1. The summed E-state index contributed by atoms with van der Waals surface area (Å²) in [6.45, 7) is 0.168. The van der Waals surface area contributed by atoms with E-state index in [0.29, 0.717) is 11.5 Å². The fourth-order valence-electron chi connectivity index (χ4n) is 1.81. The summed E-state index contributed by atoms with van der Waals surface area (Å²) in [5.41, 5.74) is 3.23. The molecule has 0 fully saturated rings. The Morgan fingerprint density at radius 1 is 1.30 bits per heavy atom. The summed E-state index contributed by atoms with van der Waals surface area (Å²) in [5.74, 6) is 0.862. The van der Waals surface area contributed by atoms with Crippen molar-refractivity contribution in [2.24, 2.45) is 5.10 Å². The van der Waals surface area contributed by atoms with E-state index in [9.17, 15) is 4.79 Å². The lowest BCUT2D eigenvalue weighted by Crippen LogP contribution is -2.42. The van der Waals surface area contributed by atoms with Gasteiger partial charge in [-0.25, -0.2) is 5.43 Å². The number of hydrogen-bond donors (Lipinski definition) is 2. The van der Waals surface area contributed by atoms with Gasteiger partial charge in [0.25, 0.3) is 5.91 Å². The summed E-state index contributed by atoms with van der Waals surface area (Å²) in [6, 6.07) is 10.9. The van der Waals surface area contributed by atoms with E-state index in [1.165, 1.54) is 6.21 Å². The summed E-state index contributed by atoms with van der Waals surface area (Å²) >= 11 is 0. The second-order valence-electron chi connectivity index (χ2n) is 4.22. The van der Waals surface area contributed by atoms with Gasteiger partial charge in [-0.05, 0) is 24.3 Å². The number of ether oxygens (including phenoxy) is 2. The van der Waals surface area contributed by atoms with Crippen molar-refractivity contribution >= 4 is 12.1 Å². The van der Waals surface area contributed by atoms with E-state index >= 15 is 0 Å². The molecule has 3 rings (SSSR count). The summed E-state index contributed by atoms with van der Waals surface area (Å²) < 4.78 is 11.0. The van der Waals surface area contributed by atoms with E-state index in [0.717, 1.165) is 5.69 Å². The molecule has 6 nitrogen and oxygen atoms in total. The Balaban J connectivity index is 1.59. The summed E-state index contributed by atoms with van der Waals surface area (Å²) in [6.07, 6.45) is 2.60. The van der Waals surface area contributed by atoms with Gasteiger partial charge in [0, 0.05) is 6.20 Å². The van der Waals surface area contributed by atoms with Crippen molar-refractivity contribution < 1.29 is 14.3 Å². The van der Waals surface area contributed by atoms with Gasteiger partial charge in [0.15, 0.2) is 11.5 Å². The number of rotatable bonds is 3. The summed E-state index contributed by atoms with van der Waals surface area (Å²) in [7, 11) is 0. The van der Waals surface area contributed by atoms with Crippen molar-refractivity contribution in [2.45, 2.75) is 6.10 Å². The van der Waals surface area contributed by atoms with Gasteiger partial charge >= 0.3 is 0 Å². The Bertz CT molecular complexity index is 622. The molecule has 0 aliphatic carbocycles. The number of aromatic nitrogens is 1. The maximum atomic E-state index is 11.9. The molecule has 1 aromatic heterocycles. The number of fused-ring (bicyclic) bond motifs is 1. The van der Waals surface area contributed by atoms with Gasteiger partial charge in [-0.2, -0.15) is 5.10 Å². The molecule has 1 aliphatic heterocycles. The molecule has 20 heavy (non-hydrogen) atoms. The number of nitrogens with zero attached hydrogens (tertiary/aromatic N) is 1. The number of carbonyl (C=O) groups is 1. The minimum Gasteiger partial charge on any atom is -0.485 e. The number of carbonyl (C=O) groups excluding carboxylic acids is 1. The highest BCUT2D eigenvalue weighted by Crippen LogP contribution is 2.30. The van der Waals surface area contributed by atoms with Gasteiger partial charge in [0.2, 0.25) is 6.10 Å². The zero-order valence-corrected chi connectivity index (χ0v) is 10.6. The van der Waals surface area contributed by atoms with Crippen LogP contribution in [0, 0.1) is 0 Å². The number of aromatic amines is 1. The quantitative estimate of drug-likeness (QED) is 0.652. The van der Waals surface area contributed by atoms with Gasteiger partial charge in [-0.3, -0.25) is 4.79 Å². The Labute approximate surface area is 115 Å². The van der Waals surface area contributed by atoms with Crippen molar-refractivity contribution in [3.8, 4) is 11.5 Å². The van der Waals surface area contributed by atoms with Crippen molar-refractivity contribution in [2.75, 3.05) is 6.61 Å². The highest BCUT2D eigenvalue weighted by molar-refractivity contribution is 5.84. The third-order valence-electron chi connectivity index (χ3n) is 2.80. The molecular formula is C14H13N3O3. The Hall–Kier alpha value is -2.76. The molecular weight excluding hydrogens is 258 g/mol. The number of hydrazone groups is 1. The van der Waals surface area contributed by atoms with Gasteiger partial charge in [-0.15, -0.1) is 0 Å². The van der Waals surface area contributed by atoms with Crippen LogP contribution in [0.4, 0.5) is 0 Å². The van der Waals surface area contributed by atoms with Crippen LogP contribution in [0.2, 0.25) is 0 Å². The van der Waals surface area contributed by atoms with Gasteiger partial charge in [0.05, 0.1) is 11.9 Å². The molecule has 0 bridgehead atoms. The lowest BCUT2D eigenvalue weighted by Gasteiger charge is -2.24. The molecule has 1 atom stereocenters. The van der Waals surface area contributed by atoms with Crippen molar-refractivity contribution in [3.63, 3.8) is 0 Å². The van der Waals surface area contributed by atoms with E-state index in [-0.39, 0.29) is 12.5 Å². The molecule has 1 amide bonds. The van der Waals surface area contributed by atoms with E-state index in [1.54, 1.807) is 18.3 Å². The Kier molecular flexibility index (Phi) is 3.36. The number of amides is 1. The largest absolute Gasteiger partial charge is 0.485 e. The molecule has 2 heterocycles.